The smallest absolute Gasteiger partial charge is 0.280 e. The third-order valence-electron chi connectivity index (χ3n) is 6.45. The van der Waals surface area contributed by atoms with Crippen molar-refractivity contribution in [3.8, 4) is 0 Å². The Morgan fingerprint density at radius 1 is 1.03 bits per heavy atom. The highest BCUT2D eigenvalue weighted by atomic mass is 16.2. The summed E-state index contributed by atoms with van der Waals surface area (Å²) in [6, 6.07) is 14.1. The van der Waals surface area contributed by atoms with Gasteiger partial charge in [-0.05, 0) is 43.4 Å². The zero-order valence-electron chi connectivity index (χ0n) is 17.2. The van der Waals surface area contributed by atoms with Crippen LogP contribution in [0.25, 0.3) is 10.9 Å². The van der Waals surface area contributed by atoms with Gasteiger partial charge >= 0.3 is 0 Å². The van der Waals surface area contributed by atoms with E-state index in [1.54, 1.807) is 0 Å². The number of quaternary nitrogens is 1. The first-order valence-corrected chi connectivity index (χ1v) is 10.9. The Bertz CT molecular complexity index is 1060. The summed E-state index contributed by atoms with van der Waals surface area (Å²) >= 11 is 0. The average molecular weight is 403 g/mol. The van der Waals surface area contributed by atoms with Crippen LogP contribution < -0.4 is 15.1 Å². The van der Waals surface area contributed by atoms with Crippen molar-refractivity contribution in [2.45, 2.75) is 25.7 Å². The Kier molecular flexibility index (Phi) is 5.19. The maximum absolute atomic E-state index is 13.4. The highest BCUT2D eigenvalue weighted by Crippen LogP contribution is 2.33. The zero-order chi connectivity index (χ0) is 20.4. The number of aryl methyl sites for hydroxylation is 1. The summed E-state index contributed by atoms with van der Waals surface area (Å²) < 4.78 is 0.588. The molecule has 3 aromatic rings. The highest BCUT2D eigenvalue weighted by molar-refractivity contribution is 6.03. The molecule has 1 amide bonds. The van der Waals surface area contributed by atoms with Gasteiger partial charge < -0.3 is 10.6 Å². The molecule has 154 valence electrons. The van der Waals surface area contributed by atoms with Crippen molar-refractivity contribution < 1.29 is 4.79 Å². The maximum Gasteiger partial charge on any atom is 0.280 e. The van der Waals surface area contributed by atoms with Crippen LogP contribution in [0.3, 0.4) is 0 Å². The van der Waals surface area contributed by atoms with E-state index >= 15 is 0 Å². The van der Waals surface area contributed by atoms with Gasteiger partial charge in [-0.15, -0.1) is 0 Å². The number of anilines is 1. The topological polar surface area (TPSA) is 66.9 Å². The van der Waals surface area contributed by atoms with Gasteiger partial charge in [0, 0.05) is 36.4 Å². The van der Waals surface area contributed by atoms with E-state index in [1.807, 2.05) is 42.6 Å². The number of fused-ring (bicyclic) bond motifs is 2. The Morgan fingerprint density at radius 3 is 2.67 bits per heavy atom. The van der Waals surface area contributed by atoms with E-state index < -0.39 is 0 Å². The van der Waals surface area contributed by atoms with E-state index in [4.69, 9.17) is 4.98 Å². The van der Waals surface area contributed by atoms with Crippen LogP contribution >= 0.6 is 0 Å². The van der Waals surface area contributed by atoms with Crippen molar-refractivity contribution in [2.24, 2.45) is 0 Å². The largest absolute Gasteiger partial charge is 0.320 e. The number of piperazine rings is 1. The number of para-hydroxylation sites is 1. The Morgan fingerprint density at radius 2 is 1.83 bits per heavy atom. The molecule has 1 fully saturated rings. The minimum Gasteiger partial charge on any atom is -0.320 e. The van der Waals surface area contributed by atoms with E-state index in [0.29, 0.717) is 11.0 Å². The summed E-state index contributed by atoms with van der Waals surface area (Å²) in [6.07, 6.45) is 6.10. The van der Waals surface area contributed by atoms with Gasteiger partial charge in [-0.1, -0.05) is 24.3 Å². The van der Waals surface area contributed by atoms with Crippen LogP contribution in [-0.2, 0) is 17.6 Å². The number of carbonyl (C=O) groups excluding carboxylic acids is 1. The van der Waals surface area contributed by atoms with Crippen molar-refractivity contribution in [3.05, 3.63) is 59.9 Å². The van der Waals surface area contributed by atoms with Gasteiger partial charge in [0.15, 0.2) is 6.54 Å². The third-order valence-corrected chi connectivity index (χ3v) is 6.45. The quantitative estimate of drug-likeness (QED) is 0.659. The summed E-state index contributed by atoms with van der Waals surface area (Å²) in [7, 11) is 0. The summed E-state index contributed by atoms with van der Waals surface area (Å²) in [5, 5.41) is 7.76. The predicted molar refractivity (Wildman–Crippen MR) is 121 cm³/mol. The van der Waals surface area contributed by atoms with Crippen molar-refractivity contribution in [1.29, 1.82) is 0 Å². The van der Waals surface area contributed by atoms with Gasteiger partial charge in [0.1, 0.15) is 0 Å². The maximum atomic E-state index is 13.4. The van der Waals surface area contributed by atoms with Gasteiger partial charge in [0.05, 0.1) is 24.3 Å². The molecule has 2 N–H and O–H groups in total. The fourth-order valence-corrected chi connectivity index (χ4v) is 4.89. The Balaban J connectivity index is 1.49. The third kappa shape index (κ3) is 3.57. The van der Waals surface area contributed by atoms with Gasteiger partial charge in [-0.25, -0.2) is 4.98 Å². The number of rotatable bonds is 4. The normalized spacial score (nSPS) is 18.0. The van der Waals surface area contributed by atoms with Gasteiger partial charge in [0.2, 0.25) is 5.82 Å². The number of pyridine rings is 2. The molecule has 2 aromatic heterocycles. The molecule has 0 bridgehead atoms. The number of benzene rings is 1. The molecule has 5 rings (SSSR count). The lowest BCUT2D eigenvalue weighted by Crippen LogP contribution is -2.62. The number of nitrogens with one attached hydrogen (secondary N) is 2. The van der Waals surface area contributed by atoms with E-state index in [-0.39, 0.29) is 5.91 Å². The summed E-state index contributed by atoms with van der Waals surface area (Å²) in [4.78, 5) is 22.9. The van der Waals surface area contributed by atoms with Crippen molar-refractivity contribution in [1.82, 2.24) is 19.8 Å². The molecule has 30 heavy (non-hydrogen) atoms. The number of aromatic nitrogens is 2. The molecule has 0 spiro atoms. The first kappa shape index (κ1) is 19.2. The molecule has 1 saturated heterocycles. The predicted octanol–water partition coefficient (Wildman–Crippen LogP) is 3.06. The summed E-state index contributed by atoms with van der Waals surface area (Å²) in [5.74, 6) is 1.02. The van der Waals surface area contributed by atoms with Crippen LogP contribution in [0, 0.1) is 0 Å². The molecule has 0 radical (unpaired) electrons. The SMILES string of the molecule is O=C(C[N+]1(c2ccccn2)CCNCC1)Nc1c2c(nc3ccccc13)CCCC2. The van der Waals surface area contributed by atoms with Gasteiger partial charge in [0.25, 0.3) is 5.91 Å². The molecular formula is C24H28N5O+. The Hall–Kier alpha value is -2.83. The lowest BCUT2D eigenvalue weighted by Gasteiger charge is -2.39. The van der Waals surface area contributed by atoms with E-state index in [2.05, 4.69) is 21.7 Å². The molecule has 2 aliphatic rings. The number of hydrogen-bond acceptors (Lipinski definition) is 4. The van der Waals surface area contributed by atoms with Crippen LogP contribution in [-0.4, -0.2) is 48.6 Å². The second-order valence-electron chi connectivity index (χ2n) is 8.37. The van der Waals surface area contributed by atoms with Crippen LogP contribution in [0.4, 0.5) is 11.5 Å². The van der Waals surface area contributed by atoms with Gasteiger partial charge in [-0.3, -0.25) is 14.3 Å². The monoisotopic (exact) mass is 402 g/mol. The molecule has 0 saturated carbocycles. The molecule has 1 aliphatic heterocycles. The fourth-order valence-electron chi connectivity index (χ4n) is 4.89. The average Bonchev–Trinajstić information content (AvgIpc) is 2.80. The van der Waals surface area contributed by atoms with E-state index in [9.17, 15) is 4.79 Å². The van der Waals surface area contributed by atoms with Crippen molar-refractivity contribution in [2.75, 3.05) is 38.0 Å². The lowest BCUT2D eigenvalue weighted by atomic mass is 9.92. The zero-order valence-corrected chi connectivity index (χ0v) is 17.2. The molecule has 1 aliphatic carbocycles. The highest BCUT2D eigenvalue weighted by Gasteiger charge is 2.36. The second-order valence-corrected chi connectivity index (χ2v) is 8.37. The van der Waals surface area contributed by atoms with Crippen LogP contribution in [0.5, 0.6) is 0 Å². The molecule has 1 aromatic carbocycles. The van der Waals surface area contributed by atoms with E-state index in [1.165, 1.54) is 12.0 Å². The summed E-state index contributed by atoms with van der Waals surface area (Å²) in [6.45, 7) is 3.89. The van der Waals surface area contributed by atoms with Crippen molar-refractivity contribution >= 4 is 28.3 Å². The number of nitrogens with zero attached hydrogens (tertiary/aromatic N) is 3. The standard InChI is InChI=1S/C24H27N5O/c30-23(17-29(15-13-25-14-16-29)22-11-5-6-12-26-22)28-24-18-7-1-3-9-20(18)27-21-10-4-2-8-19(21)24/h1,3,5-7,9,11-12,25H,2,4,8,10,13-17H2/p+1. The first-order valence-electron chi connectivity index (χ1n) is 10.9. The van der Waals surface area contributed by atoms with E-state index in [0.717, 1.165) is 73.5 Å². The minimum absolute atomic E-state index is 0.0479. The lowest BCUT2D eigenvalue weighted by molar-refractivity contribution is -0.117. The second kappa shape index (κ2) is 8.13. The molecule has 6 nitrogen and oxygen atoms in total. The molecule has 3 heterocycles. The van der Waals surface area contributed by atoms with Crippen molar-refractivity contribution in [3.63, 3.8) is 0 Å². The summed E-state index contributed by atoms with van der Waals surface area (Å²) in [5.41, 5.74) is 4.29. The minimum atomic E-state index is 0.0479. The van der Waals surface area contributed by atoms with Gasteiger partial charge in [-0.2, -0.15) is 0 Å². The molecule has 0 atom stereocenters. The molecule has 0 unspecified atom stereocenters. The number of amides is 1. The number of hydrogen-bond donors (Lipinski definition) is 2. The molecular weight excluding hydrogens is 374 g/mol. The fraction of sp³-hybridized carbons (Fsp3) is 0.375. The number of carbonyl (C=O) groups is 1. The van der Waals surface area contributed by atoms with Crippen LogP contribution in [0.2, 0.25) is 0 Å². The van der Waals surface area contributed by atoms with Crippen LogP contribution in [0.15, 0.2) is 48.7 Å². The Labute approximate surface area is 176 Å². The molecule has 6 heteroatoms. The van der Waals surface area contributed by atoms with Crippen LogP contribution in [0.1, 0.15) is 24.1 Å². The first-order chi connectivity index (χ1) is 14.8.